The van der Waals surface area contributed by atoms with Crippen molar-refractivity contribution in [2.45, 2.75) is 23.9 Å². The van der Waals surface area contributed by atoms with E-state index in [4.69, 9.17) is 4.74 Å². The summed E-state index contributed by atoms with van der Waals surface area (Å²) in [6, 6.07) is 17.1. The summed E-state index contributed by atoms with van der Waals surface area (Å²) in [5, 5.41) is 3.40. The number of imidazole rings is 1. The minimum absolute atomic E-state index is 0.0971. The molecule has 6 heteroatoms. The molecule has 0 unspecified atom stereocenters. The summed E-state index contributed by atoms with van der Waals surface area (Å²) >= 11 is 1.45. The van der Waals surface area contributed by atoms with Gasteiger partial charge in [-0.15, -0.1) is 0 Å². The molecular formula is C20H21N3O2S. The molecule has 2 aromatic carbocycles. The molecule has 0 fully saturated rings. The maximum Gasteiger partial charge on any atom is 0.242 e. The SMILES string of the molecule is CCn1ccnc1S[C@H](C(=O)Nc1cccc(OC)c1)c1ccccc1. The van der Waals surface area contributed by atoms with E-state index >= 15 is 0 Å². The molecule has 1 aromatic heterocycles. The maximum atomic E-state index is 13.0. The molecular weight excluding hydrogens is 346 g/mol. The lowest BCUT2D eigenvalue weighted by atomic mass is 10.1. The van der Waals surface area contributed by atoms with Gasteiger partial charge in [0.2, 0.25) is 5.91 Å². The van der Waals surface area contributed by atoms with Crippen LogP contribution in [0.3, 0.4) is 0 Å². The maximum absolute atomic E-state index is 13.0. The van der Waals surface area contributed by atoms with Crippen molar-refractivity contribution in [2.75, 3.05) is 12.4 Å². The molecule has 0 aliphatic heterocycles. The Hall–Kier alpha value is -2.73. The van der Waals surface area contributed by atoms with Crippen molar-refractivity contribution < 1.29 is 9.53 Å². The van der Waals surface area contributed by atoms with Crippen LogP contribution in [0.15, 0.2) is 72.1 Å². The van der Waals surface area contributed by atoms with Crippen LogP contribution in [0.5, 0.6) is 5.75 Å². The fourth-order valence-corrected chi connectivity index (χ4v) is 3.69. The molecule has 5 nitrogen and oxygen atoms in total. The van der Waals surface area contributed by atoms with E-state index in [0.29, 0.717) is 11.4 Å². The van der Waals surface area contributed by atoms with Crippen LogP contribution in [0.25, 0.3) is 0 Å². The first-order valence-electron chi connectivity index (χ1n) is 8.39. The van der Waals surface area contributed by atoms with Crippen molar-refractivity contribution in [3.05, 3.63) is 72.6 Å². The van der Waals surface area contributed by atoms with E-state index in [1.54, 1.807) is 19.4 Å². The Bertz CT molecular complexity index is 864. The highest BCUT2D eigenvalue weighted by Gasteiger charge is 2.24. The summed E-state index contributed by atoms with van der Waals surface area (Å²) < 4.78 is 7.25. The van der Waals surface area contributed by atoms with E-state index < -0.39 is 5.25 Å². The molecule has 26 heavy (non-hydrogen) atoms. The molecule has 0 aliphatic carbocycles. The summed E-state index contributed by atoms with van der Waals surface area (Å²) in [6.45, 7) is 2.86. The van der Waals surface area contributed by atoms with Gasteiger partial charge in [-0.2, -0.15) is 0 Å². The van der Waals surface area contributed by atoms with Crippen molar-refractivity contribution in [3.63, 3.8) is 0 Å². The van der Waals surface area contributed by atoms with Crippen LogP contribution in [0.1, 0.15) is 17.7 Å². The highest BCUT2D eigenvalue weighted by molar-refractivity contribution is 8.00. The standard InChI is InChI=1S/C20H21N3O2S/c1-3-23-13-12-21-20(23)26-18(15-8-5-4-6-9-15)19(24)22-16-10-7-11-17(14-16)25-2/h4-14,18H,3H2,1-2H3,(H,22,24)/t18-/m0/s1. The van der Waals surface area contributed by atoms with Gasteiger partial charge in [0.1, 0.15) is 11.0 Å². The molecule has 0 bridgehead atoms. The second-order valence-electron chi connectivity index (χ2n) is 5.63. The smallest absolute Gasteiger partial charge is 0.242 e. The van der Waals surface area contributed by atoms with E-state index in [-0.39, 0.29) is 5.91 Å². The number of aromatic nitrogens is 2. The lowest BCUT2D eigenvalue weighted by molar-refractivity contribution is -0.115. The number of thioether (sulfide) groups is 1. The first-order valence-corrected chi connectivity index (χ1v) is 9.27. The third kappa shape index (κ3) is 4.26. The van der Waals surface area contributed by atoms with Crippen LogP contribution in [0.4, 0.5) is 5.69 Å². The summed E-state index contributed by atoms with van der Waals surface area (Å²) in [6.07, 6.45) is 3.68. The number of methoxy groups -OCH3 is 1. The summed E-state index contributed by atoms with van der Waals surface area (Å²) in [5.74, 6) is 0.605. The van der Waals surface area contributed by atoms with E-state index in [1.807, 2.05) is 59.3 Å². The fourth-order valence-electron chi connectivity index (χ4n) is 2.57. The molecule has 0 aliphatic rings. The Labute approximate surface area is 157 Å². The number of nitrogens with zero attached hydrogens (tertiary/aromatic N) is 2. The first kappa shape index (κ1) is 18.1. The van der Waals surface area contributed by atoms with Gasteiger partial charge in [-0.1, -0.05) is 48.2 Å². The molecule has 1 amide bonds. The minimum atomic E-state index is -0.407. The van der Waals surface area contributed by atoms with Crippen LogP contribution in [0.2, 0.25) is 0 Å². The van der Waals surface area contributed by atoms with Crippen LogP contribution in [-0.2, 0) is 11.3 Å². The number of carbonyl (C=O) groups is 1. The van der Waals surface area contributed by atoms with Crippen LogP contribution >= 0.6 is 11.8 Å². The molecule has 3 aromatic rings. The number of amides is 1. The third-order valence-electron chi connectivity index (χ3n) is 3.92. The Kier molecular flexibility index (Phi) is 5.96. The van der Waals surface area contributed by atoms with Gasteiger partial charge in [0.25, 0.3) is 0 Å². The normalized spacial score (nSPS) is 11.8. The molecule has 0 saturated carbocycles. The number of hydrogen-bond donors (Lipinski definition) is 1. The topological polar surface area (TPSA) is 56.2 Å². The van der Waals surface area contributed by atoms with Gasteiger partial charge in [0.05, 0.1) is 7.11 Å². The quantitative estimate of drug-likeness (QED) is 0.630. The number of aryl methyl sites for hydroxylation is 1. The van der Waals surface area contributed by atoms with Gasteiger partial charge < -0.3 is 14.6 Å². The van der Waals surface area contributed by atoms with Gasteiger partial charge >= 0.3 is 0 Å². The largest absolute Gasteiger partial charge is 0.497 e. The van der Waals surface area contributed by atoms with Crippen molar-refractivity contribution in [2.24, 2.45) is 0 Å². The Morgan fingerprint density at radius 1 is 1.23 bits per heavy atom. The highest BCUT2D eigenvalue weighted by Crippen LogP contribution is 2.35. The number of rotatable bonds is 7. The Morgan fingerprint density at radius 2 is 2.04 bits per heavy atom. The van der Waals surface area contributed by atoms with Crippen LogP contribution in [-0.4, -0.2) is 22.6 Å². The monoisotopic (exact) mass is 367 g/mol. The minimum Gasteiger partial charge on any atom is -0.497 e. The molecule has 0 spiro atoms. The highest BCUT2D eigenvalue weighted by atomic mass is 32.2. The van der Waals surface area contributed by atoms with Gasteiger partial charge in [-0.05, 0) is 24.6 Å². The second-order valence-corrected chi connectivity index (χ2v) is 6.70. The number of hydrogen-bond acceptors (Lipinski definition) is 4. The van der Waals surface area contributed by atoms with Crippen molar-refractivity contribution in [3.8, 4) is 5.75 Å². The summed E-state index contributed by atoms with van der Waals surface area (Å²) in [7, 11) is 1.61. The number of anilines is 1. The zero-order valence-electron chi connectivity index (χ0n) is 14.8. The molecule has 1 heterocycles. The lowest BCUT2D eigenvalue weighted by Crippen LogP contribution is -2.19. The number of carbonyl (C=O) groups excluding carboxylic acids is 1. The second kappa shape index (κ2) is 8.58. The lowest BCUT2D eigenvalue weighted by Gasteiger charge is -2.17. The average Bonchev–Trinajstić information content (AvgIpc) is 3.14. The van der Waals surface area contributed by atoms with Gasteiger partial charge in [0.15, 0.2) is 5.16 Å². The van der Waals surface area contributed by atoms with E-state index in [9.17, 15) is 4.79 Å². The van der Waals surface area contributed by atoms with Gasteiger partial charge in [-0.25, -0.2) is 4.98 Å². The van der Waals surface area contributed by atoms with Crippen LogP contribution in [0, 0.1) is 0 Å². The van der Waals surface area contributed by atoms with Gasteiger partial charge in [-0.3, -0.25) is 4.79 Å². The summed E-state index contributed by atoms with van der Waals surface area (Å²) in [4.78, 5) is 17.4. The van der Waals surface area contributed by atoms with Crippen molar-refractivity contribution >= 4 is 23.4 Å². The summed E-state index contributed by atoms with van der Waals surface area (Å²) in [5.41, 5.74) is 1.64. The van der Waals surface area contributed by atoms with E-state index in [2.05, 4.69) is 17.2 Å². The molecule has 0 radical (unpaired) electrons. The van der Waals surface area contributed by atoms with Crippen molar-refractivity contribution in [1.82, 2.24) is 9.55 Å². The predicted molar refractivity (Wildman–Crippen MR) is 105 cm³/mol. The van der Waals surface area contributed by atoms with Crippen LogP contribution < -0.4 is 10.1 Å². The predicted octanol–water partition coefficient (Wildman–Crippen LogP) is 4.38. The fraction of sp³-hybridized carbons (Fsp3) is 0.200. The van der Waals surface area contributed by atoms with Gasteiger partial charge in [0, 0.05) is 30.7 Å². The zero-order valence-corrected chi connectivity index (χ0v) is 15.6. The number of nitrogens with one attached hydrogen (secondary N) is 1. The molecule has 1 atom stereocenters. The van der Waals surface area contributed by atoms with Crippen molar-refractivity contribution in [1.29, 1.82) is 0 Å². The molecule has 134 valence electrons. The zero-order chi connectivity index (χ0) is 18.4. The third-order valence-corrected chi connectivity index (χ3v) is 5.19. The molecule has 1 N–H and O–H groups in total. The first-order chi connectivity index (χ1) is 12.7. The number of ether oxygens (including phenoxy) is 1. The Balaban J connectivity index is 1.86. The van der Waals surface area contributed by atoms with E-state index in [1.165, 1.54) is 11.8 Å². The average molecular weight is 367 g/mol. The molecule has 0 saturated heterocycles. The Morgan fingerprint density at radius 3 is 2.77 bits per heavy atom. The van der Waals surface area contributed by atoms with E-state index in [0.717, 1.165) is 17.3 Å². The molecule has 3 rings (SSSR count). The number of benzene rings is 2.